The monoisotopic (exact) mass is 144 g/mol. The molecule has 2 heteroatoms. The maximum atomic E-state index is 5.39. The van der Waals surface area contributed by atoms with Crippen molar-refractivity contribution in [2.24, 2.45) is 11.8 Å². The van der Waals surface area contributed by atoms with Gasteiger partial charge in [0.25, 0.3) is 0 Å². The summed E-state index contributed by atoms with van der Waals surface area (Å²) in [6, 6.07) is 0.509. The fraction of sp³-hybridized carbons (Fsp3) is 1.00. The van der Waals surface area contributed by atoms with Gasteiger partial charge in [-0.1, -0.05) is 33.6 Å². The third kappa shape index (κ3) is 2.67. The summed E-state index contributed by atoms with van der Waals surface area (Å²) in [4.78, 5) is 0. The summed E-state index contributed by atoms with van der Waals surface area (Å²) in [5, 5.41) is 0. The Bertz CT molecular complexity index is 55.7. The minimum Gasteiger partial charge on any atom is -0.271 e. The number of nitrogens with one attached hydrogen (secondary N) is 1. The van der Waals surface area contributed by atoms with Gasteiger partial charge in [0, 0.05) is 6.04 Å². The van der Waals surface area contributed by atoms with Crippen molar-refractivity contribution in [1.29, 1.82) is 0 Å². The second kappa shape index (κ2) is 5.69. The van der Waals surface area contributed by atoms with Crippen LogP contribution in [0.25, 0.3) is 0 Å². The molecule has 0 aliphatic heterocycles. The average molecular weight is 144 g/mol. The van der Waals surface area contributed by atoms with E-state index >= 15 is 0 Å². The molecule has 0 saturated heterocycles. The van der Waals surface area contributed by atoms with Gasteiger partial charge in [-0.15, -0.1) is 0 Å². The summed E-state index contributed by atoms with van der Waals surface area (Å²) in [5.74, 6) is 6.13. The van der Waals surface area contributed by atoms with Crippen molar-refractivity contribution >= 4 is 0 Å². The zero-order valence-corrected chi connectivity index (χ0v) is 7.35. The van der Waals surface area contributed by atoms with E-state index in [1.54, 1.807) is 0 Å². The highest BCUT2D eigenvalue weighted by Gasteiger charge is 2.13. The lowest BCUT2D eigenvalue weighted by molar-refractivity contribution is 0.330. The largest absolute Gasteiger partial charge is 0.271 e. The summed E-state index contributed by atoms with van der Waals surface area (Å²) in [6.07, 6.45) is 3.57. The lowest BCUT2D eigenvalue weighted by atomic mass is 9.93. The minimum absolute atomic E-state index is 0.509. The Morgan fingerprint density at radius 1 is 1.10 bits per heavy atom. The molecule has 0 fully saturated rings. The second-order valence-corrected chi connectivity index (χ2v) is 2.76. The molecule has 0 aromatic rings. The van der Waals surface area contributed by atoms with Gasteiger partial charge in [-0.05, 0) is 12.3 Å². The van der Waals surface area contributed by atoms with E-state index in [-0.39, 0.29) is 0 Å². The first-order chi connectivity index (χ1) is 4.79. The normalized spacial score (nSPS) is 14.1. The van der Waals surface area contributed by atoms with Gasteiger partial charge in [0.15, 0.2) is 0 Å². The molecule has 3 N–H and O–H groups in total. The molecular formula is C8H20N2. The zero-order valence-electron chi connectivity index (χ0n) is 7.35. The first kappa shape index (κ1) is 9.92. The molecule has 0 rings (SSSR count). The molecule has 1 unspecified atom stereocenters. The molecule has 0 aliphatic carbocycles. The maximum absolute atomic E-state index is 5.39. The van der Waals surface area contributed by atoms with Crippen LogP contribution in [0.4, 0.5) is 0 Å². The molecule has 0 bridgehead atoms. The molecule has 10 heavy (non-hydrogen) atoms. The standard InChI is InChI=1S/C8H20N2/c1-4-7(5-2)8(6-3)10-9/h7-8,10H,4-6,9H2,1-3H3. The number of hydrogen-bond acceptors (Lipinski definition) is 2. The van der Waals surface area contributed by atoms with Crippen molar-refractivity contribution in [1.82, 2.24) is 5.43 Å². The molecule has 0 radical (unpaired) electrons. The zero-order chi connectivity index (χ0) is 7.98. The summed E-state index contributed by atoms with van der Waals surface area (Å²) in [6.45, 7) is 6.60. The smallest absolute Gasteiger partial charge is 0.0235 e. The SMILES string of the molecule is CCC(CC)C(CC)NN. The Kier molecular flexibility index (Phi) is 5.64. The summed E-state index contributed by atoms with van der Waals surface area (Å²) >= 11 is 0. The van der Waals surface area contributed by atoms with E-state index in [9.17, 15) is 0 Å². The van der Waals surface area contributed by atoms with Crippen molar-refractivity contribution < 1.29 is 0 Å². The Hall–Kier alpha value is -0.0800. The van der Waals surface area contributed by atoms with Crippen molar-refractivity contribution in [2.45, 2.75) is 46.1 Å². The molecule has 62 valence electrons. The predicted molar refractivity (Wildman–Crippen MR) is 45.5 cm³/mol. The average Bonchev–Trinajstić information content (AvgIpc) is 2.00. The van der Waals surface area contributed by atoms with Crippen LogP contribution in [0.3, 0.4) is 0 Å². The second-order valence-electron chi connectivity index (χ2n) is 2.76. The van der Waals surface area contributed by atoms with Crippen LogP contribution >= 0.6 is 0 Å². The maximum Gasteiger partial charge on any atom is 0.0235 e. The molecule has 2 nitrogen and oxygen atoms in total. The summed E-state index contributed by atoms with van der Waals surface area (Å²) in [7, 11) is 0. The highest BCUT2D eigenvalue weighted by atomic mass is 15.2. The third-order valence-electron chi connectivity index (χ3n) is 2.27. The fourth-order valence-corrected chi connectivity index (χ4v) is 1.44. The van der Waals surface area contributed by atoms with E-state index in [1.165, 1.54) is 12.8 Å². The lowest BCUT2D eigenvalue weighted by Crippen LogP contribution is -2.39. The summed E-state index contributed by atoms with van der Waals surface area (Å²) in [5.41, 5.74) is 2.85. The number of hydrogen-bond donors (Lipinski definition) is 2. The number of rotatable bonds is 5. The first-order valence-corrected chi connectivity index (χ1v) is 4.26. The molecule has 0 heterocycles. The van der Waals surface area contributed by atoms with Gasteiger partial charge in [0.2, 0.25) is 0 Å². The van der Waals surface area contributed by atoms with Crippen LogP contribution in [0.15, 0.2) is 0 Å². The van der Waals surface area contributed by atoms with Gasteiger partial charge in [0.05, 0.1) is 0 Å². The van der Waals surface area contributed by atoms with E-state index in [4.69, 9.17) is 5.84 Å². The van der Waals surface area contributed by atoms with Crippen molar-refractivity contribution in [3.63, 3.8) is 0 Å². The summed E-state index contributed by atoms with van der Waals surface area (Å²) < 4.78 is 0. The van der Waals surface area contributed by atoms with Crippen molar-refractivity contribution in [3.8, 4) is 0 Å². The molecule has 0 aromatic carbocycles. The van der Waals surface area contributed by atoms with E-state index in [1.807, 2.05) is 0 Å². The number of nitrogens with two attached hydrogens (primary N) is 1. The topological polar surface area (TPSA) is 38.0 Å². The van der Waals surface area contributed by atoms with Gasteiger partial charge in [-0.2, -0.15) is 0 Å². The van der Waals surface area contributed by atoms with E-state index < -0.39 is 0 Å². The number of hydrazine groups is 1. The molecular weight excluding hydrogens is 124 g/mol. The fourth-order valence-electron chi connectivity index (χ4n) is 1.44. The van der Waals surface area contributed by atoms with Crippen LogP contribution in [0, 0.1) is 5.92 Å². The van der Waals surface area contributed by atoms with Crippen LogP contribution in [0.2, 0.25) is 0 Å². The van der Waals surface area contributed by atoms with Crippen LogP contribution in [-0.4, -0.2) is 6.04 Å². The van der Waals surface area contributed by atoms with Crippen LogP contribution < -0.4 is 11.3 Å². The highest BCUT2D eigenvalue weighted by Crippen LogP contribution is 2.14. The predicted octanol–water partition coefficient (Wildman–Crippen LogP) is 1.66. The van der Waals surface area contributed by atoms with Crippen molar-refractivity contribution in [2.75, 3.05) is 0 Å². The Morgan fingerprint density at radius 2 is 1.60 bits per heavy atom. The van der Waals surface area contributed by atoms with Gasteiger partial charge in [0.1, 0.15) is 0 Å². The van der Waals surface area contributed by atoms with Crippen molar-refractivity contribution in [3.05, 3.63) is 0 Å². The van der Waals surface area contributed by atoms with Gasteiger partial charge >= 0.3 is 0 Å². The van der Waals surface area contributed by atoms with Gasteiger partial charge in [-0.3, -0.25) is 11.3 Å². The molecule has 0 spiro atoms. The molecule has 0 amide bonds. The van der Waals surface area contributed by atoms with Gasteiger partial charge < -0.3 is 0 Å². The Morgan fingerprint density at radius 3 is 1.70 bits per heavy atom. The highest BCUT2D eigenvalue weighted by molar-refractivity contribution is 4.70. The first-order valence-electron chi connectivity index (χ1n) is 4.26. The third-order valence-corrected chi connectivity index (χ3v) is 2.27. The van der Waals surface area contributed by atoms with E-state index in [0.29, 0.717) is 6.04 Å². The van der Waals surface area contributed by atoms with Crippen LogP contribution in [0.1, 0.15) is 40.0 Å². The molecule has 0 aromatic heterocycles. The minimum atomic E-state index is 0.509. The van der Waals surface area contributed by atoms with Crippen LogP contribution in [-0.2, 0) is 0 Å². The Balaban J connectivity index is 3.70. The lowest BCUT2D eigenvalue weighted by Gasteiger charge is -2.22. The van der Waals surface area contributed by atoms with Crippen LogP contribution in [0.5, 0.6) is 0 Å². The molecule has 0 aliphatic rings. The quantitative estimate of drug-likeness (QED) is 0.455. The van der Waals surface area contributed by atoms with E-state index in [0.717, 1.165) is 12.3 Å². The van der Waals surface area contributed by atoms with E-state index in [2.05, 4.69) is 26.2 Å². The Labute approximate surface area is 64.2 Å². The van der Waals surface area contributed by atoms with Gasteiger partial charge in [-0.25, -0.2) is 0 Å². The molecule has 1 atom stereocenters. The molecule has 0 saturated carbocycles.